The Morgan fingerprint density at radius 3 is 2.30 bits per heavy atom. The summed E-state index contributed by atoms with van der Waals surface area (Å²) in [5.74, 6) is 0.364. The summed E-state index contributed by atoms with van der Waals surface area (Å²) in [5, 5.41) is 10.8. The van der Waals surface area contributed by atoms with Gasteiger partial charge in [0.05, 0.1) is 27.5 Å². The molecule has 3 amide bonds. The summed E-state index contributed by atoms with van der Waals surface area (Å²) < 4.78 is 1.76. The molecule has 0 aliphatic heterocycles. The van der Waals surface area contributed by atoms with Crippen molar-refractivity contribution in [3.05, 3.63) is 60.7 Å². The maximum Gasteiger partial charge on any atom is 0.234 e. The summed E-state index contributed by atoms with van der Waals surface area (Å²) in [5.41, 5.74) is 2.24. The molecule has 4 aromatic rings. The Morgan fingerprint density at radius 2 is 1.54 bits per heavy atom. The highest BCUT2D eigenvalue weighted by Gasteiger charge is 2.11. The van der Waals surface area contributed by atoms with Crippen molar-refractivity contribution in [1.29, 1.82) is 0 Å². The Morgan fingerprint density at radius 1 is 0.838 bits per heavy atom. The fourth-order valence-corrected chi connectivity index (χ4v) is 6.08. The fraction of sp³-hybridized carbons (Fsp3) is 0.259. The Kier molecular flexibility index (Phi) is 9.81. The smallest absolute Gasteiger partial charge is 0.234 e. The summed E-state index contributed by atoms with van der Waals surface area (Å²) in [6, 6.07) is 19.3. The zero-order chi connectivity index (χ0) is 26.0. The molecule has 10 heteroatoms. The number of thioether (sulfide) groups is 2. The average molecular weight is 553 g/mol. The van der Waals surface area contributed by atoms with E-state index >= 15 is 0 Å². The van der Waals surface area contributed by atoms with Crippen LogP contribution in [0, 0.1) is 0 Å². The molecule has 0 bridgehead atoms. The van der Waals surface area contributed by atoms with Crippen LogP contribution >= 0.6 is 34.9 Å². The predicted molar refractivity (Wildman–Crippen MR) is 157 cm³/mol. The molecule has 7 nitrogen and oxygen atoms in total. The number of unbranched alkanes of at least 4 members (excludes halogenated alkanes) is 1. The van der Waals surface area contributed by atoms with Gasteiger partial charge in [-0.2, -0.15) is 0 Å². The minimum atomic E-state index is -0.175. The maximum atomic E-state index is 12.4. The van der Waals surface area contributed by atoms with Crippen molar-refractivity contribution in [3.63, 3.8) is 0 Å². The van der Waals surface area contributed by atoms with Crippen LogP contribution in [-0.4, -0.2) is 46.5 Å². The molecule has 3 N–H and O–H groups in total. The van der Waals surface area contributed by atoms with E-state index in [1.807, 2.05) is 60.7 Å². The average Bonchev–Trinajstić information content (AvgIpc) is 3.30. The van der Waals surface area contributed by atoms with Gasteiger partial charge in [0.2, 0.25) is 17.7 Å². The predicted octanol–water partition coefficient (Wildman–Crippen LogP) is 5.77. The van der Waals surface area contributed by atoms with Crippen molar-refractivity contribution < 1.29 is 14.4 Å². The summed E-state index contributed by atoms with van der Waals surface area (Å²) in [7, 11) is 0. The van der Waals surface area contributed by atoms with Gasteiger partial charge in [0.15, 0.2) is 4.34 Å². The Balaban J connectivity index is 1.21. The monoisotopic (exact) mass is 552 g/mol. The molecule has 0 aliphatic rings. The van der Waals surface area contributed by atoms with Crippen LogP contribution in [-0.2, 0) is 14.4 Å². The number of benzene rings is 3. The molecular formula is C27H28N4O3S3. The van der Waals surface area contributed by atoms with Gasteiger partial charge in [-0.1, -0.05) is 55.4 Å². The number of carbonyl (C=O) groups is 3. The summed E-state index contributed by atoms with van der Waals surface area (Å²) >= 11 is 4.17. The van der Waals surface area contributed by atoms with Crippen LogP contribution < -0.4 is 16.0 Å². The third kappa shape index (κ3) is 8.21. The number of carbonyl (C=O) groups excluding carboxylic acids is 3. The van der Waals surface area contributed by atoms with Crippen LogP contribution in [0.25, 0.3) is 21.0 Å². The lowest BCUT2D eigenvalue weighted by Crippen LogP contribution is -2.25. The summed E-state index contributed by atoms with van der Waals surface area (Å²) in [4.78, 5) is 41.2. The van der Waals surface area contributed by atoms with Gasteiger partial charge in [0, 0.05) is 17.9 Å². The molecule has 4 rings (SSSR count). The maximum absolute atomic E-state index is 12.4. The molecule has 192 valence electrons. The van der Waals surface area contributed by atoms with Crippen LogP contribution in [0.2, 0.25) is 0 Å². The number of thiazole rings is 1. The normalized spacial score (nSPS) is 10.9. The van der Waals surface area contributed by atoms with E-state index in [1.165, 1.54) is 34.9 Å². The number of aromatic nitrogens is 1. The number of nitrogens with zero attached hydrogens (tertiary/aromatic N) is 1. The number of rotatable bonds is 12. The van der Waals surface area contributed by atoms with E-state index in [-0.39, 0.29) is 29.2 Å². The molecule has 0 atom stereocenters. The topological polar surface area (TPSA) is 100 Å². The van der Waals surface area contributed by atoms with E-state index in [0.29, 0.717) is 18.0 Å². The summed E-state index contributed by atoms with van der Waals surface area (Å²) in [6.07, 6.45) is 2.02. The van der Waals surface area contributed by atoms with Gasteiger partial charge in [0.1, 0.15) is 0 Å². The molecule has 0 aliphatic carbocycles. The van der Waals surface area contributed by atoms with E-state index < -0.39 is 0 Å². The zero-order valence-corrected chi connectivity index (χ0v) is 22.9. The second-order valence-corrected chi connectivity index (χ2v) is 11.5. The highest BCUT2D eigenvalue weighted by atomic mass is 32.2. The third-order valence-corrected chi connectivity index (χ3v) is 8.43. The molecule has 0 saturated heterocycles. The lowest BCUT2D eigenvalue weighted by molar-refractivity contribution is -0.118. The SMILES string of the molecule is CCCCNC(=O)CSc1nc2ccc(NC(=O)CSCC(=O)Nc3ccc4ccccc4c3)cc2s1. The first-order chi connectivity index (χ1) is 18.0. The van der Waals surface area contributed by atoms with Crippen LogP contribution in [0.1, 0.15) is 19.8 Å². The minimum Gasteiger partial charge on any atom is -0.355 e. The Labute approximate surface area is 228 Å². The van der Waals surface area contributed by atoms with Gasteiger partial charge in [-0.25, -0.2) is 4.98 Å². The molecule has 3 aromatic carbocycles. The van der Waals surface area contributed by atoms with Gasteiger partial charge in [-0.05, 0) is 47.5 Å². The molecule has 0 spiro atoms. The second kappa shape index (κ2) is 13.5. The number of nitrogens with one attached hydrogen (secondary N) is 3. The molecule has 0 radical (unpaired) electrons. The highest BCUT2D eigenvalue weighted by Crippen LogP contribution is 2.31. The lowest BCUT2D eigenvalue weighted by atomic mass is 10.1. The van der Waals surface area contributed by atoms with Crippen molar-refractivity contribution in [2.24, 2.45) is 0 Å². The number of amides is 3. The minimum absolute atomic E-state index is 0.00843. The van der Waals surface area contributed by atoms with Gasteiger partial charge in [-0.3, -0.25) is 14.4 Å². The second-order valence-electron chi connectivity index (χ2n) is 8.31. The highest BCUT2D eigenvalue weighted by molar-refractivity contribution is 8.01. The molecule has 0 saturated carbocycles. The van der Waals surface area contributed by atoms with Gasteiger partial charge < -0.3 is 16.0 Å². The van der Waals surface area contributed by atoms with E-state index in [0.717, 1.165) is 43.9 Å². The third-order valence-electron chi connectivity index (χ3n) is 5.33. The quantitative estimate of drug-likeness (QED) is 0.152. The van der Waals surface area contributed by atoms with E-state index in [9.17, 15) is 14.4 Å². The number of hydrogen-bond acceptors (Lipinski definition) is 7. The standard InChI is InChI=1S/C27H28N4O3S3/c1-2-3-12-28-24(32)17-36-27-31-22-11-10-21(14-23(22)37-27)30-26(34)16-35-15-25(33)29-20-9-8-18-6-4-5-7-19(18)13-20/h4-11,13-14H,2-3,12,15-17H2,1H3,(H,28,32)(H,29,33)(H,30,34). The van der Waals surface area contributed by atoms with Crippen molar-refractivity contribution in [2.45, 2.75) is 24.1 Å². The number of hydrogen-bond donors (Lipinski definition) is 3. The van der Waals surface area contributed by atoms with Crippen molar-refractivity contribution in [1.82, 2.24) is 10.3 Å². The zero-order valence-electron chi connectivity index (χ0n) is 20.4. The van der Waals surface area contributed by atoms with Crippen molar-refractivity contribution in [3.8, 4) is 0 Å². The first-order valence-corrected chi connectivity index (χ1v) is 14.9. The van der Waals surface area contributed by atoms with Crippen LogP contribution in [0.3, 0.4) is 0 Å². The lowest BCUT2D eigenvalue weighted by Gasteiger charge is -2.07. The molecule has 1 aromatic heterocycles. The van der Waals surface area contributed by atoms with Crippen LogP contribution in [0.4, 0.5) is 11.4 Å². The van der Waals surface area contributed by atoms with E-state index in [4.69, 9.17) is 0 Å². The first kappa shape index (κ1) is 27.0. The van der Waals surface area contributed by atoms with Gasteiger partial charge in [-0.15, -0.1) is 23.1 Å². The molecule has 1 heterocycles. The molecule has 0 unspecified atom stereocenters. The largest absolute Gasteiger partial charge is 0.355 e. The van der Waals surface area contributed by atoms with Crippen LogP contribution in [0.15, 0.2) is 65.0 Å². The Bertz CT molecular complexity index is 1410. The number of fused-ring (bicyclic) bond motifs is 2. The molecular weight excluding hydrogens is 525 g/mol. The van der Waals surface area contributed by atoms with Gasteiger partial charge in [0.25, 0.3) is 0 Å². The van der Waals surface area contributed by atoms with Crippen molar-refractivity contribution >= 4 is 84.9 Å². The fourth-order valence-electron chi connectivity index (χ4n) is 3.52. The molecule has 37 heavy (non-hydrogen) atoms. The summed E-state index contributed by atoms with van der Waals surface area (Å²) in [6.45, 7) is 2.79. The van der Waals surface area contributed by atoms with E-state index in [1.54, 1.807) is 0 Å². The van der Waals surface area contributed by atoms with Crippen molar-refractivity contribution in [2.75, 3.05) is 34.4 Å². The van der Waals surface area contributed by atoms with Crippen LogP contribution in [0.5, 0.6) is 0 Å². The van der Waals surface area contributed by atoms with Gasteiger partial charge >= 0.3 is 0 Å². The Hall–Kier alpha value is -3.08. The first-order valence-electron chi connectivity index (χ1n) is 12.0. The van der Waals surface area contributed by atoms with E-state index in [2.05, 4.69) is 27.9 Å². The number of anilines is 2. The molecule has 0 fully saturated rings.